The van der Waals surface area contributed by atoms with Crippen LogP contribution in [0.25, 0.3) is 0 Å². The summed E-state index contributed by atoms with van der Waals surface area (Å²) in [7, 11) is -3.87. The van der Waals surface area contributed by atoms with Gasteiger partial charge in [0.25, 0.3) is 15.9 Å². The van der Waals surface area contributed by atoms with Gasteiger partial charge >= 0.3 is 12.1 Å². The summed E-state index contributed by atoms with van der Waals surface area (Å²) in [5.41, 5.74) is 2.31. The molecule has 2 aromatic rings. The number of anilines is 2. The number of aryl methyl sites for hydroxylation is 1. The smallest absolute Gasteiger partial charge is 0.475 e. The number of rotatable bonds is 7. The van der Waals surface area contributed by atoms with Crippen molar-refractivity contribution in [3.05, 3.63) is 52.5 Å². The number of alkyl halides is 3. The Kier molecular flexibility index (Phi) is 10.6. The molecule has 10 nitrogen and oxygen atoms in total. The van der Waals surface area contributed by atoms with Gasteiger partial charge in [0, 0.05) is 55.7 Å². The number of nitrogens with one attached hydrogen (secondary N) is 3. The van der Waals surface area contributed by atoms with Gasteiger partial charge in [-0.3, -0.25) is 9.52 Å². The van der Waals surface area contributed by atoms with Gasteiger partial charge in [-0.25, -0.2) is 13.2 Å². The first-order chi connectivity index (χ1) is 18.8. The van der Waals surface area contributed by atoms with Gasteiger partial charge in [-0.1, -0.05) is 17.7 Å². The fourth-order valence-corrected chi connectivity index (χ4v) is 5.35. The summed E-state index contributed by atoms with van der Waals surface area (Å²) in [6.07, 6.45) is -3.15. The molecule has 0 bridgehead atoms. The average molecular weight is 607 g/mol. The van der Waals surface area contributed by atoms with Crippen molar-refractivity contribution in [1.29, 1.82) is 0 Å². The second-order valence-electron chi connectivity index (χ2n) is 9.13. The van der Waals surface area contributed by atoms with Crippen LogP contribution in [0.4, 0.5) is 24.5 Å². The molecule has 2 saturated heterocycles. The first-order valence-corrected chi connectivity index (χ1v) is 14.2. The zero-order chi connectivity index (χ0) is 29.5. The second kappa shape index (κ2) is 13.5. The standard InChI is InChI=1S/C23H29ClN4O4S.C2HF3O2/c1-16-4-6-19(14-21(16)24)33(30,31)27-17-5-7-22(28-10-8-25-9-11-28)20(13-17)23(29)26-15-18-3-2-12-32-18;3-2(4,5)1(6)7/h4-7,13-14,18,25,27H,2-3,8-12,15H2,1H3,(H,26,29);(H,6,7). The zero-order valence-electron chi connectivity index (χ0n) is 21.6. The van der Waals surface area contributed by atoms with Crippen molar-refractivity contribution in [3.63, 3.8) is 0 Å². The molecular formula is C25H30ClF3N4O6S. The van der Waals surface area contributed by atoms with Crippen LogP contribution in [0.2, 0.25) is 5.02 Å². The van der Waals surface area contributed by atoms with Gasteiger partial charge < -0.3 is 25.4 Å². The number of hydrogen-bond donors (Lipinski definition) is 4. The number of sulfonamides is 1. The molecule has 2 heterocycles. The molecule has 15 heteroatoms. The number of hydrogen-bond acceptors (Lipinski definition) is 7. The molecule has 1 amide bonds. The highest BCUT2D eigenvalue weighted by atomic mass is 35.5. The molecule has 1 unspecified atom stereocenters. The zero-order valence-corrected chi connectivity index (χ0v) is 23.1. The summed E-state index contributed by atoms with van der Waals surface area (Å²) < 4.78 is 65.8. The third-order valence-corrected chi connectivity index (χ3v) is 7.95. The number of amides is 1. The molecule has 2 aliphatic heterocycles. The van der Waals surface area contributed by atoms with Gasteiger partial charge in [0.15, 0.2) is 0 Å². The number of piperazine rings is 1. The highest BCUT2D eigenvalue weighted by Gasteiger charge is 2.38. The van der Waals surface area contributed by atoms with Crippen molar-refractivity contribution in [2.24, 2.45) is 0 Å². The maximum atomic E-state index is 13.1. The lowest BCUT2D eigenvalue weighted by atomic mass is 10.1. The molecule has 0 spiro atoms. The molecule has 0 aromatic heterocycles. The molecule has 40 heavy (non-hydrogen) atoms. The van der Waals surface area contributed by atoms with Crippen LogP contribution in [-0.2, 0) is 19.6 Å². The quantitative estimate of drug-likeness (QED) is 0.376. The lowest BCUT2D eigenvalue weighted by Gasteiger charge is -2.31. The summed E-state index contributed by atoms with van der Waals surface area (Å²) in [6, 6.07) is 9.66. The number of benzene rings is 2. The van der Waals surface area contributed by atoms with Crippen molar-refractivity contribution in [2.45, 2.75) is 36.9 Å². The molecule has 0 radical (unpaired) electrons. The summed E-state index contributed by atoms with van der Waals surface area (Å²) in [5, 5.41) is 13.8. The first-order valence-electron chi connectivity index (χ1n) is 12.4. The van der Waals surface area contributed by atoms with Crippen LogP contribution in [0.1, 0.15) is 28.8 Å². The van der Waals surface area contributed by atoms with Crippen molar-refractivity contribution in [1.82, 2.24) is 10.6 Å². The number of carbonyl (C=O) groups is 2. The van der Waals surface area contributed by atoms with E-state index in [4.69, 9.17) is 26.2 Å². The molecule has 2 fully saturated rings. The maximum absolute atomic E-state index is 13.1. The molecule has 2 aromatic carbocycles. The van der Waals surface area contributed by atoms with Crippen LogP contribution in [0, 0.1) is 6.92 Å². The monoisotopic (exact) mass is 606 g/mol. The van der Waals surface area contributed by atoms with Gasteiger partial charge in [-0.05, 0) is 55.7 Å². The number of halogens is 4. The predicted molar refractivity (Wildman–Crippen MR) is 144 cm³/mol. The van der Waals surface area contributed by atoms with Crippen LogP contribution < -0.4 is 20.3 Å². The van der Waals surface area contributed by atoms with Gasteiger partial charge in [0.05, 0.1) is 16.6 Å². The molecule has 1 atom stereocenters. The van der Waals surface area contributed by atoms with Crippen LogP contribution >= 0.6 is 11.6 Å². The Morgan fingerprint density at radius 3 is 2.42 bits per heavy atom. The van der Waals surface area contributed by atoms with E-state index in [-0.39, 0.29) is 16.9 Å². The van der Waals surface area contributed by atoms with Crippen LogP contribution in [0.3, 0.4) is 0 Å². The predicted octanol–water partition coefficient (Wildman–Crippen LogP) is 3.40. The molecule has 220 valence electrons. The van der Waals surface area contributed by atoms with Gasteiger partial charge in [0.2, 0.25) is 0 Å². The molecule has 2 aliphatic rings. The highest BCUT2D eigenvalue weighted by molar-refractivity contribution is 7.92. The summed E-state index contributed by atoms with van der Waals surface area (Å²) >= 11 is 6.12. The topological polar surface area (TPSA) is 137 Å². The highest BCUT2D eigenvalue weighted by Crippen LogP contribution is 2.28. The number of carbonyl (C=O) groups excluding carboxylic acids is 1. The van der Waals surface area contributed by atoms with E-state index < -0.39 is 22.2 Å². The van der Waals surface area contributed by atoms with Crippen molar-refractivity contribution < 1.29 is 41.0 Å². The fraction of sp³-hybridized carbons (Fsp3) is 0.440. The Labute approximate surface area is 234 Å². The first kappa shape index (κ1) is 31.5. The Bertz CT molecular complexity index is 1310. The maximum Gasteiger partial charge on any atom is 0.490 e. The average Bonchev–Trinajstić information content (AvgIpc) is 3.43. The van der Waals surface area contributed by atoms with Crippen molar-refractivity contribution in [3.8, 4) is 0 Å². The van der Waals surface area contributed by atoms with Crippen LogP contribution in [0.5, 0.6) is 0 Å². The lowest BCUT2D eigenvalue weighted by molar-refractivity contribution is -0.192. The third-order valence-electron chi connectivity index (χ3n) is 6.16. The largest absolute Gasteiger partial charge is 0.490 e. The van der Waals surface area contributed by atoms with Crippen LogP contribution in [-0.4, -0.2) is 77.0 Å². The van der Waals surface area contributed by atoms with Gasteiger partial charge in [-0.15, -0.1) is 0 Å². The van der Waals surface area contributed by atoms with E-state index in [1.807, 2.05) is 6.92 Å². The Morgan fingerprint density at radius 2 is 1.85 bits per heavy atom. The number of carboxylic acids is 1. The SMILES string of the molecule is Cc1ccc(S(=O)(=O)Nc2ccc(N3CCNCC3)c(C(=O)NCC3CCCO3)c2)cc1Cl.O=C(O)C(F)(F)F. The third kappa shape index (κ3) is 8.71. The summed E-state index contributed by atoms with van der Waals surface area (Å²) in [4.78, 5) is 24.2. The van der Waals surface area contributed by atoms with E-state index in [0.717, 1.165) is 50.3 Å². The van der Waals surface area contributed by atoms with E-state index in [1.54, 1.807) is 24.3 Å². The van der Waals surface area contributed by atoms with Crippen molar-refractivity contribution in [2.75, 3.05) is 49.0 Å². The van der Waals surface area contributed by atoms with E-state index in [9.17, 15) is 26.4 Å². The minimum atomic E-state index is -5.08. The number of aliphatic carboxylic acids is 1. The second-order valence-corrected chi connectivity index (χ2v) is 11.2. The minimum absolute atomic E-state index is 0.0181. The Hall–Kier alpha value is -3.07. The molecule has 0 saturated carbocycles. The van der Waals surface area contributed by atoms with Crippen LogP contribution in [0.15, 0.2) is 41.3 Å². The van der Waals surface area contributed by atoms with E-state index in [0.29, 0.717) is 29.4 Å². The number of ether oxygens (including phenoxy) is 1. The lowest BCUT2D eigenvalue weighted by Crippen LogP contribution is -2.44. The Morgan fingerprint density at radius 1 is 1.18 bits per heavy atom. The number of carboxylic acid groups (broad SMARTS) is 1. The summed E-state index contributed by atoms with van der Waals surface area (Å²) in [5.74, 6) is -3.01. The molecule has 4 N–H and O–H groups in total. The van der Waals surface area contributed by atoms with Gasteiger partial charge in [-0.2, -0.15) is 13.2 Å². The summed E-state index contributed by atoms with van der Waals surface area (Å²) in [6.45, 7) is 6.12. The molecular weight excluding hydrogens is 577 g/mol. The Balaban J connectivity index is 0.000000559. The van der Waals surface area contributed by atoms with E-state index >= 15 is 0 Å². The minimum Gasteiger partial charge on any atom is -0.475 e. The molecule has 0 aliphatic carbocycles. The van der Waals surface area contributed by atoms with Gasteiger partial charge in [0.1, 0.15) is 0 Å². The van der Waals surface area contributed by atoms with E-state index in [1.165, 1.54) is 12.1 Å². The number of nitrogens with zero attached hydrogens (tertiary/aromatic N) is 1. The fourth-order valence-electron chi connectivity index (χ4n) is 4.02. The van der Waals surface area contributed by atoms with E-state index in [2.05, 4.69) is 20.3 Å². The van der Waals surface area contributed by atoms with Crippen molar-refractivity contribution >= 4 is 44.9 Å². The normalized spacial score (nSPS) is 17.5. The molecule has 4 rings (SSSR count).